The third-order valence-corrected chi connectivity index (χ3v) is 6.98. The van der Waals surface area contributed by atoms with Crippen molar-refractivity contribution < 1.29 is 17.9 Å². The molecule has 4 rings (SSSR count). The van der Waals surface area contributed by atoms with E-state index in [9.17, 15) is 13.2 Å². The van der Waals surface area contributed by atoms with E-state index in [1.807, 2.05) is 35.9 Å². The minimum atomic E-state index is -3.05. The van der Waals surface area contributed by atoms with E-state index in [1.165, 1.54) is 0 Å². The maximum absolute atomic E-state index is 12.9. The van der Waals surface area contributed by atoms with Crippen molar-refractivity contribution in [2.75, 3.05) is 30.5 Å². The summed E-state index contributed by atoms with van der Waals surface area (Å²) in [5, 5.41) is 8.37. The van der Waals surface area contributed by atoms with Crippen LogP contribution in [0.3, 0.4) is 0 Å². The van der Waals surface area contributed by atoms with Gasteiger partial charge >= 0.3 is 0 Å². The van der Waals surface area contributed by atoms with Crippen molar-refractivity contribution >= 4 is 32.5 Å². The number of methoxy groups -OCH3 is 1. The number of sulfone groups is 1. The van der Waals surface area contributed by atoms with Crippen LogP contribution in [0.15, 0.2) is 36.5 Å². The number of fused-ring (bicyclic) bond motifs is 1. The zero-order valence-electron chi connectivity index (χ0n) is 16.5. The number of nitrogens with one attached hydrogen (secondary N) is 1. The van der Waals surface area contributed by atoms with Crippen LogP contribution in [-0.4, -0.2) is 53.9 Å². The number of amides is 1. The van der Waals surface area contributed by atoms with Gasteiger partial charge in [-0.15, -0.1) is 0 Å². The van der Waals surface area contributed by atoms with Gasteiger partial charge in [-0.05, 0) is 36.9 Å². The summed E-state index contributed by atoms with van der Waals surface area (Å²) in [4.78, 5) is 12.9. The average Bonchev–Trinajstić information content (AvgIpc) is 3.36. The first-order valence-corrected chi connectivity index (χ1v) is 11.3. The molecule has 0 radical (unpaired) electrons. The van der Waals surface area contributed by atoms with Gasteiger partial charge in [0.1, 0.15) is 5.82 Å². The van der Waals surface area contributed by atoms with Gasteiger partial charge < -0.3 is 14.6 Å². The Morgan fingerprint density at radius 2 is 2.14 bits per heavy atom. The van der Waals surface area contributed by atoms with Gasteiger partial charge in [0.25, 0.3) is 5.91 Å². The van der Waals surface area contributed by atoms with Crippen LogP contribution in [-0.2, 0) is 21.1 Å². The smallest absolute Gasteiger partial charge is 0.256 e. The monoisotopic (exact) mass is 416 g/mol. The maximum atomic E-state index is 12.9. The van der Waals surface area contributed by atoms with Gasteiger partial charge in [0.05, 0.1) is 29.8 Å². The van der Waals surface area contributed by atoms with Gasteiger partial charge in [-0.2, -0.15) is 5.10 Å². The van der Waals surface area contributed by atoms with Crippen molar-refractivity contribution in [3.05, 3.63) is 47.8 Å². The Morgan fingerprint density at radius 3 is 2.86 bits per heavy atom. The first kappa shape index (κ1) is 19.7. The van der Waals surface area contributed by atoms with Crippen LogP contribution >= 0.6 is 0 Å². The highest BCUT2D eigenvalue weighted by molar-refractivity contribution is 7.91. The molecule has 1 aliphatic rings. The Balaban J connectivity index is 1.58. The van der Waals surface area contributed by atoms with E-state index in [-0.39, 0.29) is 23.5 Å². The SMILES string of the molecule is COCCn1ccc2ccc(C(=O)Nc3cc(C)nn3[C@@H]3CCS(=O)(=O)C3)cc21. The van der Waals surface area contributed by atoms with Crippen LogP contribution in [0.25, 0.3) is 10.9 Å². The zero-order chi connectivity index (χ0) is 20.6. The quantitative estimate of drug-likeness (QED) is 0.666. The number of hydrogen-bond donors (Lipinski definition) is 1. The summed E-state index contributed by atoms with van der Waals surface area (Å²) in [5.41, 5.74) is 2.22. The summed E-state index contributed by atoms with van der Waals surface area (Å²) in [6, 6.07) is 9.08. The minimum absolute atomic E-state index is 0.0516. The molecule has 1 fully saturated rings. The number of rotatable bonds is 6. The third kappa shape index (κ3) is 4.06. The summed E-state index contributed by atoms with van der Waals surface area (Å²) >= 11 is 0. The molecule has 1 aromatic carbocycles. The van der Waals surface area contributed by atoms with E-state index >= 15 is 0 Å². The maximum Gasteiger partial charge on any atom is 0.256 e. The van der Waals surface area contributed by atoms with Gasteiger partial charge in [-0.3, -0.25) is 4.79 Å². The summed E-state index contributed by atoms with van der Waals surface area (Å²) in [6.07, 6.45) is 2.48. The molecule has 1 atom stereocenters. The molecule has 0 aliphatic carbocycles. The van der Waals surface area contributed by atoms with E-state index in [2.05, 4.69) is 10.4 Å². The van der Waals surface area contributed by atoms with Crippen molar-refractivity contribution in [3.63, 3.8) is 0 Å². The number of ether oxygens (including phenoxy) is 1. The van der Waals surface area contributed by atoms with Gasteiger partial charge in [-0.1, -0.05) is 6.07 Å². The summed E-state index contributed by atoms with van der Waals surface area (Å²) < 4.78 is 32.5. The van der Waals surface area contributed by atoms with Crippen LogP contribution in [0.4, 0.5) is 5.82 Å². The number of aryl methyl sites for hydroxylation is 1. The molecule has 154 valence electrons. The molecule has 3 aromatic rings. The Labute approximate surface area is 169 Å². The van der Waals surface area contributed by atoms with Crippen LogP contribution in [0.1, 0.15) is 28.5 Å². The summed E-state index contributed by atoms with van der Waals surface area (Å²) in [7, 11) is -1.39. The second-order valence-electron chi connectivity index (χ2n) is 7.40. The third-order valence-electron chi connectivity index (χ3n) is 5.23. The first-order valence-electron chi connectivity index (χ1n) is 9.52. The molecular formula is C20H24N4O4S. The Morgan fingerprint density at radius 1 is 1.31 bits per heavy atom. The number of nitrogens with zero attached hydrogens (tertiary/aromatic N) is 3. The topological polar surface area (TPSA) is 95.2 Å². The average molecular weight is 417 g/mol. The number of anilines is 1. The van der Waals surface area contributed by atoms with Crippen LogP contribution < -0.4 is 5.32 Å². The lowest BCUT2D eigenvalue weighted by Gasteiger charge is -2.14. The standard InChI is InChI=1S/C20H24N4O4S/c1-14-11-19(24(22-14)17-6-10-29(26,27)13-17)21-20(25)16-4-3-15-5-7-23(8-9-28-2)18(15)12-16/h3-5,7,11-12,17H,6,8-10,13H2,1-2H3,(H,21,25)/t17-/m1/s1. The van der Waals surface area contributed by atoms with Crippen molar-refractivity contribution in [1.82, 2.24) is 14.3 Å². The van der Waals surface area contributed by atoms with Crippen LogP contribution in [0.2, 0.25) is 0 Å². The van der Waals surface area contributed by atoms with Crippen molar-refractivity contribution in [1.29, 1.82) is 0 Å². The van der Waals surface area contributed by atoms with Gasteiger partial charge in [0.2, 0.25) is 0 Å². The predicted octanol–water partition coefficient (Wildman–Crippen LogP) is 2.40. The molecule has 2 aromatic heterocycles. The summed E-state index contributed by atoms with van der Waals surface area (Å²) in [6.45, 7) is 3.11. The highest BCUT2D eigenvalue weighted by atomic mass is 32.2. The van der Waals surface area contributed by atoms with Crippen molar-refractivity contribution in [2.45, 2.75) is 25.9 Å². The molecule has 1 amide bonds. The lowest BCUT2D eigenvalue weighted by atomic mass is 10.1. The Hall–Kier alpha value is -2.65. The normalized spacial score (nSPS) is 18.3. The second kappa shape index (κ2) is 7.64. The molecule has 9 heteroatoms. The molecule has 0 unspecified atom stereocenters. The number of aromatic nitrogens is 3. The van der Waals surface area contributed by atoms with Gasteiger partial charge in [0.15, 0.2) is 9.84 Å². The Bertz CT molecular complexity index is 1160. The van der Waals surface area contributed by atoms with Gasteiger partial charge in [-0.25, -0.2) is 13.1 Å². The minimum Gasteiger partial charge on any atom is -0.383 e. The molecule has 0 saturated carbocycles. The molecule has 1 saturated heterocycles. The van der Waals surface area contributed by atoms with E-state index in [1.54, 1.807) is 23.9 Å². The largest absolute Gasteiger partial charge is 0.383 e. The van der Waals surface area contributed by atoms with Crippen LogP contribution in [0.5, 0.6) is 0 Å². The number of carbonyl (C=O) groups is 1. The highest BCUT2D eigenvalue weighted by Crippen LogP contribution is 2.27. The van der Waals surface area contributed by atoms with E-state index in [4.69, 9.17) is 4.74 Å². The number of hydrogen-bond acceptors (Lipinski definition) is 5. The predicted molar refractivity (Wildman–Crippen MR) is 111 cm³/mol. The molecular weight excluding hydrogens is 392 g/mol. The van der Waals surface area contributed by atoms with Crippen LogP contribution in [0, 0.1) is 6.92 Å². The van der Waals surface area contributed by atoms with E-state index in [0.717, 1.165) is 16.6 Å². The molecule has 1 N–H and O–H groups in total. The second-order valence-corrected chi connectivity index (χ2v) is 9.63. The fourth-order valence-electron chi connectivity index (χ4n) is 3.75. The Kier molecular flexibility index (Phi) is 5.18. The van der Waals surface area contributed by atoms with E-state index in [0.29, 0.717) is 31.0 Å². The number of carbonyl (C=O) groups excluding carboxylic acids is 1. The lowest BCUT2D eigenvalue weighted by molar-refractivity contribution is 0.102. The van der Waals surface area contributed by atoms with E-state index < -0.39 is 9.84 Å². The fourth-order valence-corrected chi connectivity index (χ4v) is 5.45. The fraction of sp³-hybridized carbons (Fsp3) is 0.400. The molecule has 29 heavy (non-hydrogen) atoms. The van der Waals surface area contributed by atoms with Crippen molar-refractivity contribution in [3.8, 4) is 0 Å². The molecule has 3 heterocycles. The van der Waals surface area contributed by atoms with Crippen molar-refractivity contribution in [2.24, 2.45) is 0 Å². The lowest BCUT2D eigenvalue weighted by Crippen LogP contribution is -2.19. The van der Waals surface area contributed by atoms with Gasteiger partial charge in [0, 0.05) is 37.0 Å². The molecule has 8 nitrogen and oxygen atoms in total. The number of benzene rings is 1. The molecule has 0 spiro atoms. The summed E-state index contributed by atoms with van der Waals surface area (Å²) in [5.74, 6) is 0.465. The molecule has 1 aliphatic heterocycles. The first-order chi connectivity index (χ1) is 13.9. The highest BCUT2D eigenvalue weighted by Gasteiger charge is 2.31. The zero-order valence-corrected chi connectivity index (χ0v) is 17.3. The molecule has 0 bridgehead atoms.